The summed E-state index contributed by atoms with van der Waals surface area (Å²) in [5.41, 5.74) is 2.01. The molecule has 2 aromatic rings. The van der Waals surface area contributed by atoms with E-state index >= 15 is 0 Å². The summed E-state index contributed by atoms with van der Waals surface area (Å²) in [6, 6.07) is 11.9. The zero-order chi connectivity index (χ0) is 15.4. The number of hydrogen-bond donors (Lipinski definition) is 1. The van der Waals surface area contributed by atoms with Gasteiger partial charge in [-0.15, -0.1) is 0 Å². The van der Waals surface area contributed by atoms with Crippen molar-refractivity contribution in [2.24, 2.45) is 0 Å². The van der Waals surface area contributed by atoms with Gasteiger partial charge in [-0.25, -0.2) is 0 Å². The highest BCUT2D eigenvalue weighted by molar-refractivity contribution is 9.08. The van der Waals surface area contributed by atoms with Gasteiger partial charge >= 0.3 is 0 Å². The molecule has 0 unspecified atom stereocenters. The van der Waals surface area contributed by atoms with Crippen molar-refractivity contribution >= 4 is 33.2 Å². The van der Waals surface area contributed by atoms with Crippen molar-refractivity contribution in [2.45, 2.75) is 12.3 Å². The van der Waals surface area contributed by atoms with Gasteiger partial charge in [0.15, 0.2) is 0 Å². The zero-order valence-corrected chi connectivity index (χ0v) is 12.9. The minimum atomic E-state index is -0.543. The van der Waals surface area contributed by atoms with E-state index in [1.165, 1.54) is 6.07 Å². The molecule has 2 rings (SSSR count). The Morgan fingerprint density at radius 2 is 1.95 bits per heavy atom. The van der Waals surface area contributed by atoms with Gasteiger partial charge in [0.2, 0.25) is 0 Å². The molecule has 5 nitrogen and oxygen atoms in total. The normalized spacial score (nSPS) is 10.2. The topological polar surface area (TPSA) is 72.2 Å². The van der Waals surface area contributed by atoms with E-state index in [0.29, 0.717) is 16.6 Å². The molecule has 0 spiro atoms. The third kappa shape index (κ3) is 3.28. The van der Waals surface area contributed by atoms with Crippen LogP contribution in [-0.2, 0) is 5.33 Å². The molecule has 1 N–H and O–H groups in total. The Bertz CT molecular complexity index is 701. The lowest BCUT2D eigenvalue weighted by molar-refractivity contribution is -0.385. The number of halogens is 1. The molecule has 0 aliphatic heterocycles. The first-order valence-electron chi connectivity index (χ1n) is 6.24. The fourth-order valence-electron chi connectivity index (χ4n) is 2.04. The number of benzene rings is 2. The third-order valence-electron chi connectivity index (χ3n) is 3.08. The van der Waals surface area contributed by atoms with E-state index in [9.17, 15) is 14.9 Å². The minimum absolute atomic E-state index is 0.0897. The van der Waals surface area contributed by atoms with Gasteiger partial charge in [-0.3, -0.25) is 14.9 Å². The lowest BCUT2D eigenvalue weighted by Crippen LogP contribution is -2.16. The number of para-hydroxylation sites is 1. The Kier molecular flexibility index (Phi) is 4.70. The number of nitro benzene ring substituents is 1. The van der Waals surface area contributed by atoms with Crippen LogP contribution in [0.1, 0.15) is 21.5 Å². The maximum Gasteiger partial charge on any atom is 0.282 e. The molecule has 6 heteroatoms. The van der Waals surface area contributed by atoms with Crippen LogP contribution in [0.15, 0.2) is 42.5 Å². The fourth-order valence-corrected chi connectivity index (χ4v) is 2.53. The van der Waals surface area contributed by atoms with E-state index in [4.69, 9.17) is 0 Å². The summed E-state index contributed by atoms with van der Waals surface area (Å²) in [6.07, 6.45) is 0. The number of aryl methyl sites for hydroxylation is 1. The van der Waals surface area contributed by atoms with E-state index in [0.717, 1.165) is 5.56 Å². The van der Waals surface area contributed by atoms with Crippen LogP contribution in [0.25, 0.3) is 0 Å². The van der Waals surface area contributed by atoms with Gasteiger partial charge in [-0.1, -0.05) is 46.3 Å². The number of amides is 1. The van der Waals surface area contributed by atoms with Gasteiger partial charge in [0.25, 0.3) is 11.6 Å². The molecule has 1 amide bonds. The number of carbonyl (C=O) groups excluding carboxylic acids is 1. The van der Waals surface area contributed by atoms with Crippen molar-refractivity contribution in [2.75, 3.05) is 5.32 Å². The molecular formula is C15H13BrN2O3. The Morgan fingerprint density at radius 3 is 2.62 bits per heavy atom. The average Bonchev–Trinajstić information content (AvgIpc) is 2.47. The Hall–Kier alpha value is -2.21. The van der Waals surface area contributed by atoms with Gasteiger partial charge in [-0.2, -0.15) is 0 Å². The van der Waals surface area contributed by atoms with Crippen LogP contribution in [0.3, 0.4) is 0 Å². The molecule has 0 aromatic heterocycles. The average molecular weight is 349 g/mol. The number of nitrogens with one attached hydrogen (secondary N) is 1. The smallest absolute Gasteiger partial charge is 0.282 e. The van der Waals surface area contributed by atoms with Gasteiger partial charge < -0.3 is 5.32 Å². The van der Waals surface area contributed by atoms with Crippen LogP contribution >= 0.6 is 15.9 Å². The zero-order valence-electron chi connectivity index (χ0n) is 11.3. The second-order valence-electron chi connectivity index (χ2n) is 4.47. The van der Waals surface area contributed by atoms with Crippen molar-refractivity contribution < 1.29 is 9.72 Å². The van der Waals surface area contributed by atoms with E-state index in [1.54, 1.807) is 31.2 Å². The Morgan fingerprint density at radius 1 is 1.24 bits per heavy atom. The number of nitro groups is 1. The number of anilines is 1. The van der Waals surface area contributed by atoms with E-state index < -0.39 is 10.8 Å². The molecule has 0 aliphatic rings. The highest BCUT2D eigenvalue weighted by Crippen LogP contribution is 2.24. The summed E-state index contributed by atoms with van der Waals surface area (Å²) in [7, 11) is 0. The Balaban J connectivity index is 2.39. The van der Waals surface area contributed by atoms with Crippen LogP contribution < -0.4 is 5.32 Å². The van der Waals surface area contributed by atoms with Gasteiger partial charge in [0.1, 0.15) is 5.56 Å². The van der Waals surface area contributed by atoms with E-state index in [1.807, 2.05) is 12.1 Å². The van der Waals surface area contributed by atoms with Crippen molar-refractivity contribution in [3.8, 4) is 0 Å². The van der Waals surface area contributed by atoms with E-state index in [-0.39, 0.29) is 11.3 Å². The summed E-state index contributed by atoms with van der Waals surface area (Å²) in [4.78, 5) is 22.9. The van der Waals surface area contributed by atoms with Crippen molar-refractivity contribution in [3.05, 3.63) is 69.3 Å². The molecule has 0 saturated carbocycles. The highest BCUT2D eigenvalue weighted by Gasteiger charge is 2.22. The van der Waals surface area contributed by atoms with Crippen LogP contribution in [0, 0.1) is 17.0 Å². The molecule has 108 valence electrons. The molecule has 2 aromatic carbocycles. The summed E-state index contributed by atoms with van der Waals surface area (Å²) in [5.74, 6) is -0.479. The molecule has 0 radical (unpaired) electrons. The first kappa shape index (κ1) is 15.2. The predicted molar refractivity (Wildman–Crippen MR) is 84.9 cm³/mol. The lowest BCUT2D eigenvalue weighted by Gasteiger charge is -2.11. The first-order chi connectivity index (χ1) is 10.0. The molecule has 0 fully saturated rings. The van der Waals surface area contributed by atoms with Gasteiger partial charge in [0.05, 0.1) is 4.92 Å². The second-order valence-corrected chi connectivity index (χ2v) is 5.03. The van der Waals surface area contributed by atoms with Crippen LogP contribution in [0.2, 0.25) is 0 Å². The number of nitrogens with zero attached hydrogens (tertiary/aromatic N) is 1. The molecule has 0 atom stereocenters. The van der Waals surface area contributed by atoms with Crippen LogP contribution in [0.4, 0.5) is 11.4 Å². The SMILES string of the molecule is Cc1cccc([N+](=O)[O-])c1C(=O)Nc1ccccc1CBr. The second kappa shape index (κ2) is 6.49. The number of rotatable bonds is 4. The predicted octanol–water partition coefficient (Wildman–Crippen LogP) is 4.05. The van der Waals surface area contributed by atoms with Gasteiger partial charge in [-0.05, 0) is 24.1 Å². The Labute approximate surface area is 130 Å². The first-order valence-corrected chi connectivity index (χ1v) is 7.36. The van der Waals surface area contributed by atoms with Gasteiger partial charge in [0, 0.05) is 17.1 Å². The van der Waals surface area contributed by atoms with Crippen LogP contribution in [0.5, 0.6) is 0 Å². The number of alkyl halides is 1. The lowest BCUT2D eigenvalue weighted by atomic mass is 10.1. The number of carbonyl (C=O) groups is 1. The van der Waals surface area contributed by atoms with Crippen LogP contribution in [-0.4, -0.2) is 10.8 Å². The van der Waals surface area contributed by atoms with E-state index in [2.05, 4.69) is 21.2 Å². The van der Waals surface area contributed by atoms with Crippen molar-refractivity contribution in [1.82, 2.24) is 0 Å². The third-order valence-corrected chi connectivity index (χ3v) is 3.69. The molecule has 0 saturated heterocycles. The standard InChI is InChI=1S/C15H13BrN2O3/c1-10-5-4-8-13(18(20)21)14(10)15(19)17-12-7-3-2-6-11(12)9-16/h2-8H,9H2,1H3,(H,17,19). The molecule has 21 heavy (non-hydrogen) atoms. The summed E-state index contributed by atoms with van der Waals surface area (Å²) in [5, 5.41) is 14.4. The van der Waals surface area contributed by atoms with Crippen molar-refractivity contribution in [3.63, 3.8) is 0 Å². The molecule has 0 bridgehead atoms. The maximum atomic E-state index is 12.4. The summed E-state index contributed by atoms with van der Waals surface area (Å²) < 4.78 is 0. The molecular weight excluding hydrogens is 336 g/mol. The number of hydrogen-bond acceptors (Lipinski definition) is 3. The highest BCUT2D eigenvalue weighted by atomic mass is 79.9. The minimum Gasteiger partial charge on any atom is -0.321 e. The maximum absolute atomic E-state index is 12.4. The largest absolute Gasteiger partial charge is 0.321 e. The van der Waals surface area contributed by atoms with Crippen molar-refractivity contribution in [1.29, 1.82) is 0 Å². The fraction of sp³-hybridized carbons (Fsp3) is 0.133. The quantitative estimate of drug-likeness (QED) is 0.514. The summed E-state index contributed by atoms with van der Waals surface area (Å²) >= 11 is 3.35. The molecule has 0 heterocycles. The summed E-state index contributed by atoms with van der Waals surface area (Å²) in [6.45, 7) is 1.68. The monoisotopic (exact) mass is 348 g/mol. The molecule has 0 aliphatic carbocycles.